The van der Waals surface area contributed by atoms with Crippen molar-refractivity contribution in [1.82, 2.24) is 9.80 Å². The lowest BCUT2D eigenvalue weighted by Gasteiger charge is -2.41. The van der Waals surface area contributed by atoms with Gasteiger partial charge in [-0.1, -0.05) is 30.3 Å². The molecule has 2 fully saturated rings. The lowest BCUT2D eigenvalue weighted by molar-refractivity contribution is -0.132. The van der Waals surface area contributed by atoms with E-state index in [0.717, 1.165) is 51.9 Å². The summed E-state index contributed by atoms with van der Waals surface area (Å²) in [5.74, 6) is -0.102. The highest BCUT2D eigenvalue weighted by atomic mass is 19.1. The molecule has 2 aliphatic heterocycles. The number of likely N-dealkylation sites (tertiary alicyclic amines) is 2. The quantitative estimate of drug-likeness (QED) is 0.682. The molecule has 6 heteroatoms. The van der Waals surface area contributed by atoms with Gasteiger partial charge in [0.25, 0.3) is 0 Å². The molecule has 4 rings (SSSR count). The van der Waals surface area contributed by atoms with Crippen molar-refractivity contribution in [2.45, 2.75) is 50.7 Å². The first-order valence-electron chi connectivity index (χ1n) is 11.3. The minimum absolute atomic E-state index is 0.0493. The van der Waals surface area contributed by atoms with E-state index in [9.17, 15) is 13.6 Å². The van der Waals surface area contributed by atoms with E-state index < -0.39 is 0 Å². The van der Waals surface area contributed by atoms with E-state index >= 15 is 0 Å². The first kappa shape index (κ1) is 21.8. The van der Waals surface area contributed by atoms with Crippen molar-refractivity contribution in [3.8, 4) is 5.75 Å². The Hall–Kier alpha value is -2.47. The zero-order chi connectivity index (χ0) is 21.6. The lowest BCUT2D eigenvalue weighted by Crippen LogP contribution is -2.50. The summed E-state index contributed by atoms with van der Waals surface area (Å²) in [6.07, 6.45) is 4.54. The molecule has 0 spiro atoms. The first-order valence-corrected chi connectivity index (χ1v) is 11.3. The van der Waals surface area contributed by atoms with Gasteiger partial charge in [-0.25, -0.2) is 8.78 Å². The van der Waals surface area contributed by atoms with Gasteiger partial charge in [-0.05, 0) is 55.9 Å². The van der Waals surface area contributed by atoms with E-state index in [1.54, 1.807) is 36.4 Å². The third-order valence-corrected chi connectivity index (χ3v) is 6.51. The van der Waals surface area contributed by atoms with Gasteiger partial charge in [0.15, 0.2) is 11.6 Å². The molecule has 2 aliphatic rings. The Morgan fingerprint density at radius 1 is 0.871 bits per heavy atom. The molecule has 166 valence electrons. The van der Waals surface area contributed by atoms with Gasteiger partial charge in [-0.2, -0.15) is 0 Å². The van der Waals surface area contributed by atoms with Crippen molar-refractivity contribution in [1.29, 1.82) is 0 Å². The van der Waals surface area contributed by atoms with E-state index in [1.807, 2.05) is 4.90 Å². The summed E-state index contributed by atoms with van der Waals surface area (Å²) in [7, 11) is 0. The Morgan fingerprint density at radius 3 is 2.19 bits per heavy atom. The Morgan fingerprint density at radius 2 is 1.52 bits per heavy atom. The summed E-state index contributed by atoms with van der Waals surface area (Å²) in [5.41, 5.74) is 0.603. The Bertz CT molecular complexity index is 875. The van der Waals surface area contributed by atoms with Gasteiger partial charge in [0.1, 0.15) is 11.9 Å². The maximum atomic E-state index is 13.8. The maximum absolute atomic E-state index is 13.8. The molecule has 0 unspecified atom stereocenters. The van der Waals surface area contributed by atoms with Crippen LogP contribution in [0.2, 0.25) is 0 Å². The molecule has 2 heterocycles. The third kappa shape index (κ3) is 5.62. The number of para-hydroxylation sites is 1. The molecule has 31 heavy (non-hydrogen) atoms. The van der Waals surface area contributed by atoms with Gasteiger partial charge in [0.2, 0.25) is 5.91 Å². The number of nitrogens with zero attached hydrogens (tertiary/aromatic N) is 2. The third-order valence-electron chi connectivity index (χ3n) is 6.51. The molecule has 2 aromatic rings. The number of hydrogen-bond acceptors (Lipinski definition) is 3. The van der Waals surface area contributed by atoms with Gasteiger partial charge in [-0.3, -0.25) is 9.69 Å². The number of halogens is 2. The molecule has 0 N–H and O–H groups in total. The number of amides is 1. The van der Waals surface area contributed by atoms with Crippen molar-refractivity contribution >= 4 is 5.91 Å². The van der Waals surface area contributed by atoms with Crippen LogP contribution >= 0.6 is 0 Å². The monoisotopic (exact) mass is 428 g/mol. The van der Waals surface area contributed by atoms with Crippen molar-refractivity contribution in [2.75, 3.05) is 26.2 Å². The van der Waals surface area contributed by atoms with E-state index in [2.05, 4.69) is 4.90 Å². The van der Waals surface area contributed by atoms with Gasteiger partial charge in [-0.15, -0.1) is 0 Å². The zero-order valence-electron chi connectivity index (χ0n) is 17.8. The predicted molar refractivity (Wildman–Crippen MR) is 116 cm³/mol. The van der Waals surface area contributed by atoms with E-state index in [0.29, 0.717) is 30.2 Å². The summed E-state index contributed by atoms with van der Waals surface area (Å²) >= 11 is 0. The molecular weight excluding hydrogens is 398 g/mol. The number of piperidine rings is 2. The molecular formula is C25H30F2N2O2. The van der Waals surface area contributed by atoms with Crippen LogP contribution in [0.5, 0.6) is 5.75 Å². The van der Waals surface area contributed by atoms with Gasteiger partial charge >= 0.3 is 0 Å². The molecule has 0 bridgehead atoms. The standard InChI is InChI=1S/C25H30F2N2O2/c26-22-6-2-1-5-19(22)9-10-25(30)29-15-11-20(12-16-29)28-17-13-21(14-18-28)31-24-8-4-3-7-23(24)27/h1-8,20-21H,9-18H2. The van der Waals surface area contributed by atoms with Crippen molar-refractivity contribution in [2.24, 2.45) is 0 Å². The largest absolute Gasteiger partial charge is 0.487 e. The van der Waals surface area contributed by atoms with Gasteiger partial charge in [0, 0.05) is 38.6 Å². The minimum atomic E-state index is -0.308. The molecule has 0 radical (unpaired) electrons. The van der Waals surface area contributed by atoms with Crippen LogP contribution in [0.3, 0.4) is 0 Å². The average molecular weight is 429 g/mol. The molecule has 0 aromatic heterocycles. The maximum Gasteiger partial charge on any atom is 0.222 e. The number of aryl methyl sites for hydroxylation is 1. The molecule has 4 nitrogen and oxygen atoms in total. The molecule has 0 aliphatic carbocycles. The number of benzene rings is 2. The lowest BCUT2D eigenvalue weighted by atomic mass is 9.98. The molecule has 0 atom stereocenters. The number of ether oxygens (including phenoxy) is 1. The second-order valence-corrected chi connectivity index (χ2v) is 8.49. The predicted octanol–water partition coefficient (Wildman–Crippen LogP) is 4.43. The Balaban J connectivity index is 1.18. The SMILES string of the molecule is O=C(CCc1ccccc1F)N1CCC(N2CCC(Oc3ccccc3F)CC2)CC1. The number of hydrogen-bond donors (Lipinski definition) is 0. The van der Waals surface area contributed by atoms with E-state index in [4.69, 9.17) is 4.74 Å². The number of rotatable bonds is 6. The number of carbonyl (C=O) groups is 1. The zero-order valence-corrected chi connectivity index (χ0v) is 17.8. The van der Waals surface area contributed by atoms with Crippen molar-refractivity contribution < 1.29 is 18.3 Å². The van der Waals surface area contributed by atoms with Crippen LogP contribution in [-0.2, 0) is 11.2 Å². The summed E-state index contributed by atoms with van der Waals surface area (Å²) < 4.78 is 33.4. The summed E-state index contributed by atoms with van der Waals surface area (Å²) in [6.45, 7) is 3.38. The van der Waals surface area contributed by atoms with Crippen LogP contribution in [0.1, 0.15) is 37.7 Å². The number of carbonyl (C=O) groups excluding carboxylic acids is 1. The fraction of sp³-hybridized carbons (Fsp3) is 0.480. The highest BCUT2D eigenvalue weighted by Crippen LogP contribution is 2.25. The average Bonchev–Trinajstić information content (AvgIpc) is 2.80. The highest BCUT2D eigenvalue weighted by molar-refractivity contribution is 5.76. The normalized spacial score (nSPS) is 18.8. The summed E-state index contributed by atoms with van der Waals surface area (Å²) in [4.78, 5) is 17.0. The summed E-state index contributed by atoms with van der Waals surface area (Å²) in [5, 5.41) is 0. The molecule has 1 amide bonds. The van der Waals surface area contributed by atoms with Gasteiger partial charge in [0.05, 0.1) is 0 Å². The summed E-state index contributed by atoms with van der Waals surface area (Å²) in [6, 6.07) is 13.7. The van der Waals surface area contributed by atoms with Crippen LogP contribution in [0.25, 0.3) is 0 Å². The topological polar surface area (TPSA) is 32.8 Å². The molecule has 2 aromatic carbocycles. The van der Waals surface area contributed by atoms with E-state index in [1.165, 1.54) is 12.1 Å². The second kappa shape index (κ2) is 10.2. The second-order valence-electron chi connectivity index (χ2n) is 8.49. The molecule has 0 saturated carbocycles. The van der Waals surface area contributed by atoms with Crippen LogP contribution in [0, 0.1) is 11.6 Å². The van der Waals surface area contributed by atoms with Crippen LogP contribution in [-0.4, -0.2) is 54.0 Å². The van der Waals surface area contributed by atoms with Crippen LogP contribution < -0.4 is 4.74 Å². The fourth-order valence-electron chi connectivity index (χ4n) is 4.66. The van der Waals surface area contributed by atoms with Crippen LogP contribution in [0.15, 0.2) is 48.5 Å². The fourth-order valence-corrected chi connectivity index (χ4v) is 4.66. The smallest absolute Gasteiger partial charge is 0.222 e. The Kier molecular flexibility index (Phi) is 7.17. The van der Waals surface area contributed by atoms with Crippen molar-refractivity contribution in [3.63, 3.8) is 0 Å². The van der Waals surface area contributed by atoms with Crippen molar-refractivity contribution in [3.05, 3.63) is 65.7 Å². The molecule has 2 saturated heterocycles. The van der Waals surface area contributed by atoms with Gasteiger partial charge < -0.3 is 9.64 Å². The Labute approximate surface area is 182 Å². The highest BCUT2D eigenvalue weighted by Gasteiger charge is 2.30. The first-order chi connectivity index (χ1) is 15.1. The van der Waals surface area contributed by atoms with Crippen LogP contribution in [0.4, 0.5) is 8.78 Å². The minimum Gasteiger partial charge on any atom is -0.487 e. The van der Waals surface area contributed by atoms with E-state index in [-0.39, 0.29) is 23.6 Å².